The van der Waals surface area contributed by atoms with Crippen LogP contribution in [0.25, 0.3) is 54.2 Å². The van der Waals surface area contributed by atoms with Gasteiger partial charge in [0.15, 0.2) is 5.69 Å². The molecule has 1 aliphatic rings. The minimum Gasteiger partial charge on any atom is -0.457 e. The Balaban J connectivity index is 1.22. The third-order valence-corrected chi connectivity index (χ3v) is 10.5. The molecule has 0 radical (unpaired) electrons. The van der Waals surface area contributed by atoms with E-state index >= 15 is 0 Å². The monoisotopic (exact) mass is 650 g/mol. The molecule has 1 aliphatic heterocycles. The van der Waals surface area contributed by atoms with E-state index in [4.69, 9.17) is 11.3 Å². The number of rotatable bonds is 4. The van der Waals surface area contributed by atoms with Crippen molar-refractivity contribution in [2.24, 2.45) is 0 Å². The molecular weight excluding hydrogens is 621 g/mol. The van der Waals surface area contributed by atoms with Gasteiger partial charge in [0, 0.05) is 22.2 Å². The Bertz CT molecular complexity index is 2800. The van der Waals surface area contributed by atoms with E-state index in [1.807, 2.05) is 18.2 Å². The first-order chi connectivity index (χ1) is 25.2. The molecule has 0 unspecified atom stereocenters. The molecule has 0 saturated heterocycles. The van der Waals surface area contributed by atoms with Crippen molar-refractivity contribution in [3.05, 3.63) is 216 Å². The molecule has 8 aromatic carbocycles. The molecule has 2 heterocycles. The fourth-order valence-corrected chi connectivity index (χ4v) is 8.24. The summed E-state index contributed by atoms with van der Waals surface area (Å²) in [5, 5.41) is 4.57. The van der Waals surface area contributed by atoms with E-state index in [-0.39, 0.29) is 0 Å². The molecule has 9 aromatic rings. The number of aromatic nitrogens is 1. The molecule has 0 saturated carbocycles. The zero-order valence-electron chi connectivity index (χ0n) is 27.6. The quantitative estimate of drug-likeness (QED) is 0.173. The second-order valence-corrected chi connectivity index (χ2v) is 13.2. The highest BCUT2D eigenvalue weighted by Gasteiger charge is 2.45. The molecule has 0 fully saturated rings. The number of para-hydroxylation sites is 1. The molecule has 51 heavy (non-hydrogen) atoms. The van der Waals surface area contributed by atoms with E-state index in [1.165, 1.54) is 21.9 Å². The van der Waals surface area contributed by atoms with Gasteiger partial charge in [-0.15, -0.1) is 0 Å². The molecule has 0 atom stereocenters. The summed E-state index contributed by atoms with van der Waals surface area (Å²) in [6.45, 7) is 7.79. The second-order valence-electron chi connectivity index (χ2n) is 13.2. The van der Waals surface area contributed by atoms with Crippen molar-refractivity contribution in [3.63, 3.8) is 0 Å². The zero-order valence-corrected chi connectivity index (χ0v) is 27.6. The maximum absolute atomic E-state index is 7.79. The van der Waals surface area contributed by atoms with Gasteiger partial charge in [0.2, 0.25) is 0 Å². The third kappa shape index (κ3) is 4.37. The Morgan fingerprint density at radius 1 is 0.471 bits per heavy atom. The molecule has 238 valence electrons. The largest absolute Gasteiger partial charge is 0.457 e. The summed E-state index contributed by atoms with van der Waals surface area (Å²) in [5.74, 6) is 1.71. The Hall–Kier alpha value is -6.89. The van der Waals surface area contributed by atoms with Crippen LogP contribution in [-0.2, 0) is 5.41 Å². The van der Waals surface area contributed by atoms with Crippen LogP contribution in [0.4, 0.5) is 5.69 Å². The molecule has 3 heteroatoms. The first-order valence-electron chi connectivity index (χ1n) is 17.2. The van der Waals surface area contributed by atoms with E-state index < -0.39 is 5.41 Å². The van der Waals surface area contributed by atoms with Gasteiger partial charge in [-0.2, -0.15) is 0 Å². The van der Waals surface area contributed by atoms with Crippen molar-refractivity contribution >= 4 is 38.3 Å². The Labute approximate surface area is 296 Å². The lowest BCUT2D eigenvalue weighted by molar-refractivity contribution is 0.434. The van der Waals surface area contributed by atoms with Crippen LogP contribution in [0.2, 0.25) is 0 Å². The van der Waals surface area contributed by atoms with Crippen LogP contribution in [-0.4, -0.2) is 4.57 Å². The van der Waals surface area contributed by atoms with Gasteiger partial charge in [-0.25, -0.2) is 4.85 Å². The average Bonchev–Trinajstić information content (AvgIpc) is 3.53. The summed E-state index contributed by atoms with van der Waals surface area (Å²) in [6, 6.07) is 64.4. The molecule has 0 N–H and O–H groups in total. The molecule has 0 spiro atoms. The summed E-state index contributed by atoms with van der Waals surface area (Å²) < 4.78 is 8.99. The summed E-state index contributed by atoms with van der Waals surface area (Å²) in [4.78, 5) is 3.80. The first-order valence-corrected chi connectivity index (χ1v) is 17.2. The van der Waals surface area contributed by atoms with Gasteiger partial charge in [-0.05, 0) is 93.0 Å². The van der Waals surface area contributed by atoms with Gasteiger partial charge < -0.3 is 9.30 Å². The maximum atomic E-state index is 7.79. The van der Waals surface area contributed by atoms with Crippen molar-refractivity contribution in [1.29, 1.82) is 0 Å². The number of hydrogen-bond donors (Lipinski definition) is 0. The number of fused-ring (bicyclic) bond motifs is 6. The lowest BCUT2D eigenvalue weighted by atomic mass is 9.63. The highest BCUT2D eigenvalue weighted by molar-refractivity contribution is 6.11. The van der Waals surface area contributed by atoms with Crippen molar-refractivity contribution in [3.8, 4) is 28.3 Å². The second kappa shape index (κ2) is 11.3. The Morgan fingerprint density at radius 2 is 1.08 bits per heavy atom. The lowest BCUT2D eigenvalue weighted by Gasteiger charge is -2.41. The highest BCUT2D eigenvalue weighted by atomic mass is 16.5. The van der Waals surface area contributed by atoms with E-state index in [0.717, 1.165) is 61.2 Å². The smallest absolute Gasteiger partial charge is 0.188 e. The minimum absolute atomic E-state index is 0.594. The van der Waals surface area contributed by atoms with Gasteiger partial charge in [0.1, 0.15) is 11.5 Å². The van der Waals surface area contributed by atoms with Crippen LogP contribution in [0.3, 0.4) is 0 Å². The Morgan fingerprint density at radius 3 is 1.84 bits per heavy atom. The van der Waals surface area contributed by atoms with Crippen LogP contribution in [0.5, 0.6) is 11.5 Å². The van der Waals surface area contributed by atoms with Crippen molar-refractivity contribution in [2.75, 3.05) is 0 Å². The summed E-state index contributed by atoms with van der Waals surface area (Å²) >= 11 is 0. The summed E-state index contributed by atoms with van der Waals surface area (Å²) in [5.41, 5.74) is 10.1. The van der Waals surface area contributed by atoms with Gasteiger partial charge >= 0.3 is 0 Å². The van der Waals surface area contributed by atoms with E-state index in [9.17, 15) is 0 Å². The van der Waals surface area contributed by atoms with Crippen LogP contribution in [0.15, 0.2) is 182 Å². The number of ether oxygens (including phenoxy) is 1. The van der Waals surface area contributed by atoms with E-state index in [1.54, 1.807) is 0 Å². The van der Waals surface area contributed by atoms with Gasteiger partial charge in [0.05, 0.1) is 23.0 Å². The summed E-state index contributed by atoms with van der Waals surface area (Å²) in [7, 11) is 0. The molecule has 3 nitrogen and oxygen atoms in total. The molecule has 0 aliphatic carbocycles. The maximum Gasteiger partial charge on any atom is 0.188 e. The number of benzene rings is 8. The SMILES string of the molecule is [C-]#[N+]c1ccc2c(c1)c1cc(-c3ccc4c(c3)C(c3ccccc3)(c3ccccc3)c3ccccc3O4)ccc1n2-c1ccc2ccccc2c1. The molecule has 10 rings (SSSR count). The van der Waals surface area contributed by atoms with Crippen LogP contribution in [0.1, 0.15) is 22.3 Å². The van der Waals surface area contributed by atoms with Gasteiger partial charge in [0.25, 0.3) is 0 Å². The normalized spacial score (nSPS) is 13.0. The van der Waals surface area contributed by atoms with E-state index in [0.29, 0.717) is 5.69 Å². The van der Waals surface area contributed by atoms with E-state index in [2.05, 4.69) is 173 Å². The molecular formula is C48H30N2O. The van der Waals surface area contributed by atoms with Crippen molar-refractivity contribution in [2.45, 2.75) is 5.41 Å². The lowest BCUT2D eigenvalue weighted by Crippen LogP contribution is -2.34. The zero-order chi connectivity index (χ0) is 33.9. The van der Waals surface area contributed by atoms with Crippen molar-refractivity contribution < 1.29 is 4.74 Å². The van der Waals surface area contributed by atoms with Gasteiger partial charge in [-0.3, -0.25) is 0 Å². The molecule has 0 amide bonds. The standard InChI is InChI=1S/C48H30N2O/c1-49-38-23-26-45-41(31-38)40-29-34(21-25-44(40)50(45)39-24-20-32-12-8-9-13-33(32)28-39)35-22-27-47-43(30-35)48(36-14-4-2-5-15-36,37-16-6-3-7-17-37)42-18-10-11-19-46(42)51-47/h2-31H. The molecule has 0 bridgehead atoms. The van der Waals surface area contributed by atoms with Crippen LogP contribution < -0.4 is 4.74 Å². The topological polar surface area (TPSA) is 18.5 Å². The summed E-state index contributed by atoms with van der Waals surface area (Å²) in [6.07, 6.45) is 0. The van der Waals surface area contributed by atoms with Crippen LogP contribution >= 0.6 is 0 Å². The number of hydrogen-bond acceptors (Lipinski definition) is 1. The predicted molar refractivity (Wildman–Crippen MR) is 208 cm³/mol. The third-order valence-electron chi connectivity index (χ3n) is 10.5. The van der Waals surface area contributed by atoms with Crippen LogP contribution in [0, 0.1) is 6.57 Å². The first kappa shape index (κ1) is 29.1. The van der Waals surface area contributed by atoms with Crippen molar-refractivity contribution in [1.82, 2.24) is 4.57 Å². The minimum atomic E-state index is -0.594. The predicted octanol–water partition coefficient (Wildman–Crippen LogP) is 12.6. The fraction of sp³-hybridized carbons (Fsp3) is 0.0208. The van der Waals surface area contributed by atoms with Gasteiger partial charge in [-0.1, -0.05) is 127 Å². The fourth-order valence-electron chi connectivity index (χ4n) is 8.24. The Kier molecular flexibility index (Phi) is 6.46. The average molecular weight is 651 g/mol. The molecule has 1 aromatic heterocycles. The highest BCUT2D eigenvalue weighted by Crippen LogP contribution is 2.56. The number of nitrogens with zero attached hydrogens (tertiary/aromatic N) is 2.